The Hall–Kier alpha value is -1.52. The molecule has 0 bridgehead atoms. The van der Waals surface area contributed by atoms with E-state index in [1.165, 1.54) is 25.5 Å². The molecule has 2 atom stereocenters. The largest absolute Gasteiger partial charge is 0.396 e. The molecule has 94 valence electrons. The molecule has 0 radical (unpaired) electrons. The molecule has 0 aromatic carbocycles. The highest BCUT2D eigenvalue weighted by Crippen LogP contribution is 2.22. The Morgan fingerprint density at radius 1 is 1.47 bits per heavy atom. The van der Waals surface area contributed by atoms with E-state index in [2.05, 4.69) is 22.4 Å². The number of H-pyrrole nitrogens is 1. The first kappa shape index (κ1) is 12.0. The number of hydrogen-bond donors (Lipinski definition) is 3. The van der Waals surface area contributed by atoms with E-state index in [0.29, 0.717) is 11.4 Å². The number of carbonyl (C=O) groups is 1. The highest BCUT2D eigenvalue weighted by Gasteiger charge is 2.20. The molecule has 1 heterocycles. The zero-order chi connectivity index (χ0) is 12.3. The summed E-state index contributed by atoms with van der Waals surface area (Å²) in [5.74, 6) is 0.633. The molecule has 0 spiro atoms. The molecule has 1 saturated carbocycles. The molecule has 1 amide bonds. The van der Waals surface area contributed by atoms with Crippen molar-refractivity contribution < 1.29 is 4.79 Å². The van der Waals surface area contributed by atoms with Crippen molar-refractivity contribution in [2.75, 3.05) is 5.73 Å². The van der Waals surface area contributed by atoms with Crippen molar-refractivity contribution in [3.05, 3.63) is 11.9 Å². The van der Waals surface area contributed by atoms with Crippen LogP contribution in [0.3, 0.4) is 0 Å². The van der Waals surface area contributed by atoms with Gasteiger partial charge in [-0.05, 0) is 25.2 Å². The Labute approximate surface area is 101 Å². The maximum atomic E-state index is 11.9. The molecule has 1 aliphatic rings. The van der Waals surface area contributed by atoms with Gasteiger partial charge in [-0.2, -0.15) is 5.10 Å². The summed E-state index contributed by atoms with van der Waals surface area (Å²) in [5.41, 5.74) is 6.43. The Balaban J connectivity index is 1.92. The molecule has 2 rings (SSSR count). The second kappa shape index (κ2) is 5.21. The molecule has 17 heavy (non-hydrogen) atoms. The van der Waals surface area contributed by atoms with Gasteiger partial charge in [-0.25, -0.2) is 0 Å². The van der Waals surface area contributed by atoms with Gasteiger partial charge in [0.05, 0.1) is 11.9 Å². The Bertz CT molecular complexity index is 388. The number of nitrogens with zero attached hydrogens (tertiary/aromatic N) is 1. The highest BCUT2D eigenvalue weighted by atomic mass is 16.2. The van der Waals surface area contributed by atoms with Gasteiger partial charge in [0.15, 0.2) is 0 Å². The molecular formula is C12H20N4O. The normalized spacial score (nSPS) is 25.2. The Kier molecular flexibility index (Phi) is 3.66. The van der Waals surface area contributed by atoms with E-state index < -0.39 is 0 Å². The van der Waals surface area contributed by atoms with Crippen molar-refractivity contribution in [3.63, 3.8) is 0 Å². The van der Waals surface area contributed by atoms with Crippen LogP contribution in [-0.4, -0.2) is 22.1 Å². The third-order valence-electron chi connectivity index (χ3n) is 3.49. The number of nitrogen functional groups attached to an aromatic ring is 1. The second-order valence-electron chi connectivity index (χ2n) is 4.98. The van der Waals surface area contributed by atoms with Gasteiger partial charge < -0.3 is 11.1 Å². The fraction of sp³-hybridized carbons (Fsp3) is 0.667. The van der Waals surface area contributed by atoms with Crippen molar-refractivity contribution in [3.8, 4) is 0 Å². The highest BCUT2D eigenvalue weighted by molar-refractivity contribution is 5.97. The van der Waals surface area contributed by atoms with E-state index in [1.54, 1.807) is 0 Å². The summed E-state index contributed by atoms with van der Waals surface area (Å²) in [5, 5.41) is 9.42. The van der Waals surface area contributed by atoms with Crippen molar-refractivity contribution in [1.29, 1.82) is 0 Å². The minimum Gasteiger partial charge on any atom is -0.396 e. The number of carbonyl (C=O) groups excluding carboxylic acids is 1. The number of amides is 1. The third kappa shape index (κ3) is 2.99. The maximum Gasteiger partial charge on any atom is 0.271 e. The number of hydrogen-bond acceptors (Lipinski definition) is 3. The molecule has 1 aromatic heterocycles. The van der Waals surface area contributed by atoms with Gasteiger partial charge in [-0.1, -0.05) is 19.8 Å². The third-order valence-corrected chi connectivity index (χ3v) is 3.49. The van der Waals surface area contributed by atoms with Crippen LogP contribution in [0.15, 0.2) is 6.20 Å². The topological polar surface area (TPSA) is 83.8 Å². The summed E-state index contributed by atoms with van der Waals surface area (Å²) in [6.45, 7) is 2.27. The number of anilines is 1. The van der Waals surface area contributed by atoms with Gasteiger partial charge >= 0.3 is 0 Å². The van der Waals surface area contributed by atoms with Crippen LogP contribution in [0, 0.1) is 5.92 Å². The quantitative estimate of drug-likeness (QED) is 0.683. The van der Waals surface area contributed by atoms with Gasteiger partial charge in [0.1, 0.15) is 5.69 Å². The molecule has 5 heteroatoms. The molecule has 1 fully saturated rings. The molecule has 1 aromatic rings. The number of aromatic amines is 1. The summed E-state index contributed by atoms with van der Waals surface area (Å²) < 4.78 is 0. The first-order valence-corrected chi connectivity index (χ1v) is 6.26. The van der Waals surface area contributed by atoms with E-state index in [9.17, 15) is 4.79 Å². The molecule has 0 aliphatic heterocycles. The molecular weight excluding hydrogens is 216 g/mol. The van der Waals surface area contributed by atoms with Crippen LogP contribution in [0.1, 0.15) is 49.5 Å². The lowest BCUT2D eigenvalue weighted by molar-refractivity contribution is 0.0929. The standard InChI is InChI=1S/C12H20N4O/c1-8-3-2-4-9(6-5-8)15-12(17)11-10(13)7-14-16-11/h7-9H,2-6,13H2,1H3,(H,14,16)(H,15,17). The van der Waals surface area contributed by atoms with Crippen molar-refractivity contribution in [1.82, 2.24) is 15.5 Å². The first-order valence-electron chi connectivity index (χ1n) is 6.26. The molecule has 4 N–H and O–H groups in total. The maximum absolute atomic E-state index is 11.9. The number of rotatable bonds is 2. The summed E-state index contributed by atoms with van der Waals surface area (Å²) in [7, 11) is 0. The zero-order valence-corrected chi connectivity index (χ0v) is 10.2. The van der Waals surface area contributed by atoms with Crippen molar-refractivity contribution >= 4 is 11.6 Å². The predicted octanol–water partition coefficient (Wildman–Crippen LogP) is 1.69. The van der Waals surface area contributed by atoms with Crippen LogP contribution in [0.25, 0.3) is 0 Å². The van der Waals surface area contributed by atoms with Gasteiger partial charge in [0.2, 0.25) is 0 Å². The van der Waals surface area contributed by atoms with E-state index in [4.69, 9.17) is 5.73 Å². The second-order valence-corrected chi connectivity index (χ2v) is 4.98. The predicted molar refractivity (Wildman–Crippen MR) is 66.5 cm³/mol. The molecule has 0 saturated heterocycles. The lowest BCUT2D eigenvalue weighted by Gasteiger charge is -2.15. The van der Waals surface area contributed by atoms with Crippen molar-refractivity contribution in [2.45, 2.75) is 45.1 Å². The average molecular weight is 236 g/mol. The van der Waals surface area contributed by atoms with Crippen LogP contribution in [-0.2, 0) is 0 Å². The van der Waals surface area contributed by atoms with Crippen molar-refractivity contribution in [2.24, 2.45) is 5.92 Å². The van der Waals surface area contributed by atoms with E-state index in [-0.39, 0.29) is 11.9 Å². The lowest BCUT2D eigenvalue weighted by Crippen LogP contribution is -2.35. The Morgan fingerprint density at radius 2 is 2.29 bits per heavy atom. The minimum atomic E-state index is -0.139. The minimum absolute atomic E-state index is 0.139. The molecule has 5 nitrogen and oxygen atoms in total. The molecule has 1 aliphatic carbocycles. The van der Waals surface area contributed by atoms with Gasteiger partial charge in [-0.15, -0.1) is 0 Å². The van der Waals surface area contributed by atoms with Crippen LogP contribution in [0.5, 0.6) is 0 Å². The summed E-state index contributed by atoms with van der Waals surface area (Å²) in [6.07, 6.45) is 7.21. The lowest BCUT2D eigenvalue weighted by atomic mass is 10.0. The van der Waals surface area contributed by atoms with Gasteiger partial charge in [0.25, 0.3) is 5.91 Å². The van der Waals surface area contributed by atoms with Crippen LogP contribution in [0.4, 0.5) is 5.69 Å². The molecule has 2 unspecified atom stereocenters. The monoisotopic (exact) mass is 236 g/mol. The smallest absolute Gasteiger partial charge is 0.271 e. The fourth-order valence-corrected chi connectivity index (χ4v) is 2.37. The summed E-state index contributed by atoms with van der Waals surface area (Å²) in [4.78, 5) is 11.9. The van der Waals surface area contributed by atoms with Crippen LogP contribution >= 0.6 is 0 Å². The van der Waals surface area contributed by atoms with Crippen LogP contribution in [0.2, 0.25) is 0 Å². The van der Waals surface area contributed by atoms with E-state index in [1.807, 2.05) is 0 Å². The number of nitrogens with two attached hydrogens (primary N) is 1. The summed E-state index contributed by atoms with van der Waals surface area (Å²) in [6, 6.07) is 0.273. The number of nitrogens with one attached hydrogen (secondary N) is 2. The average Bonchev–Trinajstić information content (AvgIpc) is 2.61. The number of aromatic nitrogens is 2. The first-order chi connectivity index (χ1) is 8.16. The van der Waals surface area contributed by atoms with Gasteiger partial charge in [0, 0.05) is 6.04 Å². The Morgan fingerprint density at radius 3 is 3.00 bits per heavy atom. The van der Waals surface area contributed by atoms with E-state index in [0.717, 1.165) is 18.8 Å². The van der Waals surface area contributed by atoms with Gasteiger partial charge in [-0.3, -0.25) is 9.89 Å². The SMILES string of the molecule is CC1CCCC(NC(=O)c2[nH]ncc2N)CC1. The summed E-state index contributed by atoms with van der Waals surface area (Å²) >= 11 is 0. The van der Waals surface area contributed by atoms with E-state index >= 15 is 0 Å². The fourth-order valence-electron chi connectivity index (χ4n) is 2.37. The zero-order valence-electron chi connectivity index (χ0n) is 10.2. The van der Waals surface area contributed by atoms with Crippen LogP contribution < -0.4 is 11.1 Å².